The number of amides is 1. The van der Waals surface area contributed by atoms with Crippen LogP contribution in [0.2, 0.25) is 0 Å². The summed E-state index contributed by atoms with van der Waals surface area (Å²) < 4.78 is 15.9. The van der Waals surface area contributed by atoms with E-state index in [0.717, 1.165) is 0 Å². The average molecular weight is 249 g/mol. The topological polar surface area (TPSA) is 48.0 Å². The predicted molar refractivity (Wildman–Crippen MR) is 63.6 cm³/mol. The first-order valence-corrected chi connectivity index (χ1v) is 5.87. The Bertz CT molecular complexity index is 498. The lowest BCUT2D eigenvalue weighted by molar-refractivity contribution is 0.0605. The van der Waals surface area contributed by atoms with Crippen molar-refractivity contribution in [1.82, 2.24) is 4.90 Å². The summed E-state index contributed by atoms with van der Waals surface area (Å²) in [6.45, 7) is 5.09. The van der Waals surface area contributed by atoms with Crippen LogP contribution in [-0.4, -0.2) is 36.5 Å². The van der Waals surface area contributed by atoms with Crippen LogP contribution >= 0.6 is 0 Å². The molecule has 0 radical (unpaired) electrons. The van der Waals surface area contributed by atoms with E-state index in [1.807, 2.05) is 13.8 Å². The Kier molecular flexibility index (Phi) is 2.45. The summed E-state index contributed by atoms with van der Waals surface area (Å²) in [7, 11) is 0. The lowest BCUT2D eigenvalue weighted by atomic mass is 10.0. The van der Waals surface area contributed by atoms with Gasteiger partial charge in [-0.25, -0.2) is 0 Å². The van der Waals surface area contributed by atoms with Crippen molar-refractivity contribution in [3.05, 3.63) is 23.8 Å². The molecule has 1 saturated heterocycles. The molecule has 1 fully saturated rings. The van der Waals surface area contributed by atoms with Crippen molar-refractivity contribution in [2.75, 3.05) is 20.1 Å². The maximum atomic E-state index is 12.4. The number of nitrogens with zero attached hydrogens (tertiary/aromatic N) is 1. The van der Waals surface area contributed by atoms with Gasteiger partial charge < -0.3 is 19.1 Å². The summed E-state index contributed by atoms with van der Waals surface area (Å²) in [5, 5.41) is 0. The zero-order valence-electron chi connectivity index (χ0n) is 10.4. The monoisotopic (exact) mass is 249 g/mol. The lowest BCUT2D eigenvalue weighted by Gasteiger charge is -2.29. The highest BCUT2D eigenvalue weighted by Gasteiger charge is 2.37. The maximum Gasteiger partial charge on any atom is 0.256 e. The molecule has 0 bridgehead atoms. The molecule has 5 nitrogen and oxygen atoms in total. The molecule has 0 aromatic heterocycles. The summed E-state index contributed by atoms with van der Waals surface area (Å²) in [5.41, 5.74) is 0.325. The second-order valence-corrected chi connectivity index (χ2v) is 5.09. The van der Waals surface area contributed by atoms with Gasteiger partial charge in [-0.3, -0.25) is 4.79 Å². The summed E-state index contributed by atoms with van der Waals surface area (Å²) in [5.74, 6) is 1.26. The molecule has 0 aliphatic carbocycles. The molecule has 3 rings (SSSR count). The van der Waals surface area contributed by atoms with E-state index in [9.17, 15) is 4.79 Å². The first-order chi connectivity index (χ1) is 8.58. The van der Waals surface area contributed by atoms with Gasteiger partial charge in [-0.05, 0) is 32.0 Å². The highest BCUT2D eigenvalue weighted by atomic mass is 16.7. The third kappa shape index (κ3) is 1.71. The minimum Gasteiger partial charge on any atom is -0.454 e. The largest absolute Gasteiger partial charge is 0.454 e. The number of carbonyl (C=O) groups is 1. The van der Waals surface area contributed by atoms with E-state index in [4.69, 9.17) is 14.2 Å². The van der Waals surface area contributed by atoms with Crippen LogP contribution in [0, 0.1) is 0 Å². The molecular weight excluding hydrogens is 234 g/mol. The van der Waals surface area contributed by atoms with Crippen LogP contribution in [0.15, 0.2) is 18.2 Å². The SMILES string of the molecule is CC1(C)COCN1C(=O)c1ccc2c(c1)OCO2. The fraction of sp³-hybridized carbons (Fsp3) is 0.462. The van der Waals surface area contributed by atoms with Crippen LogP contribution in [-0.2, 0) is 4.74 Å². The zero-order chi connectivity index (χ0) is 12.8. The average Bonchev–Trinajstić information content (AvgIpc) is 2.92. The summed E-state index contributed by atoms with van der Waals surface area (Å²) >= 11 is 0. The smallest absolute Gasteiger partial charge is 0.256 e. The number of ether oxygens (including phenoxy) is 3. The third-order valence-electron chi connectivity index (χ3n) is 3.27. The molecule has 5 heteroatoms. The van der Waals surface area contributed by atoms with Gasteiger partial charge in [0.05, 0.1) is 12.1 Å². The molecule has 0 N–H and O–H groups in total. The highest BCUT2D eigenvalue weighted by Crippen LogP contribution is 2.33. The Balaban J connectivity index is 1.89. The van der Waals surface area contributed by atoms with Gasteiger partial charge in [-0.1, -0.05) is 0 Å². The van der Waals surface area contributed by atoms with Crippen molar-refractivity contribution in [1.29, 1.82) is 0 Å². The van der Waals surface area contributed by atoms with E-state index < -0.39 is 0 Å². The molecule has 18 heavy (non-hydrogen) atoms. The number of hydrogen-bond donors (Lipinski definition) is 0. The van der Waals surface area contributed by atoms with Crippen LogP contribution in [0.25, 0.3) is 0 Å². The van der Waals surface area contributed by atoms with E-state index in [1.54, 1.807) is 23.1 Å². The van der Waals surface area contributed by atoms with Crippen molar-refractivity contribution in [3.8, 4) is 11.5 Å². The highest BCUT2D eigenvalue weighted by molar-refractivity contribution is 5.95. The number of rotatable bonds is 1. The standard InChI is InChI=1S/C13H15NO4/c1-13(2)6-16-7-14(13)12(15)9-3-4-10-11(5-9)18-8-17-10/h3-5H,6-8H2,1-2H3. The van der Waals surface area contributed by atoms with Gasteiger partial charge in [0.25, 0.3) is 5.91 Å². The van der Waals surface area contributed by atoms with E-state index in [-0.39, 0.29) is 18.2 Å². The molecular formula is C13H15NO4. The van der Waals surface area contributed by atoms with E-state index in [0.29, 0.717) is 30.4 Å². The minimum atomic E-state index is -0.270. The van der Waals surface area contributed by atoms with Gasteiger partial charge in [0.2, 0.25) is 6.79 Å². The molecule has 0 unspecified atom stereocenters. The van der Waals surface area contributed by atoms with Gasteiger partial charge in [0, 0.05) is 5.56 Å². The first-order valence-electron chi connectivity index (χ1n) is 5.87. The Morgan fingerprint density at radius 2 is 2.06 bits per heavy atom. The number of fused-ring (bicyclic) bond motifs is 1. The number of hydrogen-bond acceptors (Lipinski definition) is 4. The second-order valence-electron chi connectivity index (χ2n) is 5.09. The summed E-state index contributed by atoms with van der Waals surface area (Å²) in [6, 6.07) is 5.24. The molecule has 1 aromatic carbocycles. The van der Waals surface area contributed by atoms with Gasteiger partial charge in [0.15, 0.2) is 11.5 Å². The molecule has 2 heterocycles. The van der Waals surface area contributed by atoms with Crippen LogP contribution in [0.1, 0.15) is 24.2 Å². The second kappa shape index (κ2) is 3.88. The van der Waals surface area contributed by atoms with Crippen LogP contribution in [0.4, 0.5) is 0 Å². The molecule has 1 aromatic rings. The van der Waals surface area contributed by atoms with E-state index in [1.165, 1.54) is 0 Å². The Hall–Kier alpha value is -1.75. The summed E-state index contributed by atoms with van der Waals surface area (Å²) in [6.07, 6.45) is 0. The normalized spacial score (nSPS) is 20.2. The van der Waals surface area contributed by atoms with E-state index in [2.05, 4.69) is 0 Å². The van der Waals surface area contributed by atoms with Gasteiger partial charge in [0.1, 0.15) is 6.73 Å². The van der Waals surface area contributed by atoms with Gasteiger partial charge >= 0.3 is 0 Å². The molecule has 0 saturated carbocycles. The molecule has 1 amide bonds. The third-order valence-corrected chi connectivity index (χ3v) is 3.27. The van der Waals surface area contributed by atoms with Crippen molar-refractivity contribution >= 4 is 5.91 Å². The van der Waals surface area contributed by atoms with Crippen LogP contribution in [0.3, 0.4) is 0 Å². The lowest BCUT2D eigenvalue weighted by Crippen LogP contribution is -2.44. The number of benzene rings is 1. The molecule has 2 aliphatic heterocycles. The van der Waals surface area contributed by atoms with Gasteiger partial charge in [-0.2, -0.15) is 0 Å². The Morgan fingerprint density at radius 3 is 2.78 bits per heavy atom. The Labute approximate surface area is 105 Å². The van der Waals surface area contributed by atoms with Crippen molar-refractivity contribution in [2.24, 2.45) is 0 Å². The van der Waals surface area contributed by atoms with Crippen molar-refractivity contribution in [2.45, 2.75) is 19.4 Å². The van der Waals surface area contributed by atoms with Crippen LogP contribution < -0.4 is 9.47 Å². The fourth-order valence-electron chi connectivity index (χ4n) is 2.16. The first kappa shape index (κ1) is 11.3. The number of carbonyl (C=O) groups excluding carboxylic acids is 1. The maximum absolute atomic E-state index is 12.4. The summed E-state index contributed by atoms with van der Waals surface area (Å²) in [4.78, 5) is 14.1. The predicted octanol–water partition coefficient (Wildman–Crippen LogP) is 1.62. The Morgan fingerprint density at radius 1 is 1.28 bits per heavy atom. The minimum absolute atomic E-state index is 0.0456. The van der Waals surface area contributed by atoms with Crippen molar-refractivity contribution in [3.63, 3.8) is 0 Å². The fourth-order valence-corrected chi connectivity index (χ4v) is 2.16. The van der Waals surface area contributed by atoms with Crippen molar-refractivity contribution < 1.29 is 19.0 Å². The van der Waals surface area contributed by atoms with Gasteiger partial charge in [-0.15, -0.1) is 0 Å². The van der Waals surface area contributed by atoms with E-state index >= 15 is 0 Å². The zero-order valence-corrected chi connectivity index (χ0v) is 10.4. The molecule has 0 atom stereocenters. The molecule has 2 aliphatic rings. The molecule has 96 valence electrons. The molecule has 0 spiro atoms. The quantitative estimate of drug-likeness (QED) is 0.759. The van der Waals surface area contributed by atoms with Crippen LogP contribution in [0.5, 0.6) is 11.5 Å².